The summed E-state index contributed by atoms with van der Waals surface area (Å²) >= 11 is 0. The molecule has 12 nitrogen and oxygen atoms in total. The number of rotatable bonds is 8. The molecule has 12 atom stereocenters. The molecule has 0 spiro atoms. The minimum absolute atomic E-state index is 0.329. The Kier molecular flexibility index (Phi) is 7.68. The molecule has 0 bridgehead atoms. The van der Waals surface area contributed by atoms with Gasteiger partial charge in [0.05, 0.1) is 32.0 Å². The third kappa shape index (κ3) is 4.65. The molecular formula is C24H40O12. The zero-order valence-electron chi connectivity index (χ0n) is 21.1. The van der Waals surface area contributed by atoms with Crippen molar-refractivity contribution in [3.63, 3.8) is 0 Å². The smallest absolute Gasteiger partial charge is 0.187 e. The van der Waals surface area contributed by atoms with Crippen molar-refractivity contribution in [2.24, 2.45) is 5.41 Å². The number of aliphatic hydroxyl groups is 7. The van der Waals surface area contributed by atoms with Crippen LogP contribution in [0.1, 0.15) is 40.5 Å². The van der Waals surface area contributed by atoms with Crippen LogP contribution in [0.5, 0.6) is 0 Å². The third-order valence-electron chi connectivity index (χ3n) is 8.15. The Bertz CT molecular complexity index is 823. The van der Waals surface area contributed by atoms with Gasteiger partial charge in [0.15, 0.2) is 12.6 Å². The lowest BCUT2D eigenvalue weighted by Crippen LogP contribution is -2.61. The zero-order valence-corrected chi connectivity index (χ0v) is 21.1. The van der Waals surface area contributed by atoms with Gasteiger partial charge in [-0.2, -0.15) is 0 Å². The molecule has 4 rings (SSSR count). The Hall–Kier alpha value is -0.740. The van der Waals surface area contributed by atoms with Crippen molar-refractivity contribution >= 4 is 0 Å². The van der Waals surface area contributed by atoms with Crippen LogP contribution in [0.3, 0.4) is 0 Å². The molecule has 208 valence electrons. The maximum absolute atomic E-state index is 10.7. The van der Waals surface area contributed by atoms with Crippen molar-refractivity contribution < 1.29 is 59.4 Å². The first-order chi connectivity index (χ1) is 16.7. The molecule has 1 aliphatic carbocycles. The second-order valence-corrected chi connectivity index (χ2v) is 11.4. The standard InChI is InChI=1S/C24H40O12/c1-12(5-6-24-21(2,3)7-13(27)8-22(24,4)36-24)33-19-17(16(29)15(28)14(9-25)34-19)35-20-18(30)23(31,10-26)11-32-20/h5-6,12-20,25-31H,7-11H2,1-4H3. The van der Waals surface area contributed by atoms with Crippen LogP contribution in [0.2, 0.25) is 0 Å². The fourth-order valence-electron chi connectivity index (χ4n) is 5.98. The van der Waals surface area contributed by atoms with E-state index in [0.29, 0.717) is 12.8 Å². The van der Waals surface area contributed by atoms with Gasteiger partial charge in [-0.05, 0) is 20.3 Å². The zero-order chi connectivity index (χ0) is 26.7. The maximum Gasteiger partial charge on any atom is 0.187 e. The van der Waals surface area contributed by atoms with E-state index in [-0.39, 0.29) is 5.41 Å². The molecule has 0 amide bonds. The molecule has 1 saturated carbocycles. The maximum atomic E-state index is 10.7. The summed E-state index contributed by atoms with van der Waals surface area (Å²) in [6.45, 7) is 6.00. The molecule has 3 heterocycles. The minimum atomic E-state index is -1.94. The van der Waals surface area contributed by atoms with Crippen LogP contribution in [0.25, 0.3) is 0 Å². The van der Waals surface area contributed by atoms with Crippen LogP contribution in [0.15, 0.2) is 12.2 Å². The predicted octanol–water partition coefficient (Wildman–Crippen LogP) is -2.08. The first kappa shape index (κ1) is 28.3. The Morgan fingerprint density at radius 2 is 1.72 bits per heavy atom. The molecule has 4 aliphatic rings. The molecule has 0 aromatic heterocycles. The molecule has 36 heavy (non-hydrogen) atoms. The van der Waals surface area contributed by atoms with E-state index in [0.717, 1.165) is 0 Å². The van der Waals surface area contributed by atoms with E-state index in [4.69, 9.17) is 23.7 Å². The van der Waals surface area contributed by atoms with E-state index in [1.165, 1.54) is 0 Å². The second-order valence-electron chi connectivity index (χ2n) is 11.4. The van der Waals surface area contributed by atoms with Gasteiger partial charge in [0.2, 0.25) is 0 Å². The van der Waals surface area contributed by atoms with Crippen molar-refractivity contribution in [3.05, 3.63) is 12.2 Å². The number of aliphatic hydroxyl groups excluding tert-OH is 6. The van der Waals surface area contributed by atoms with Crippen molar-refractivity contribution in [2.75, 3.05) is 19.8 Å². The molecule has 12 unspecified atom stereocenters. The molecule has 3 saturated heterocycles. The van der Waals surface area contributed by atoms with Crippen LogP contribution < -0.4 is 0 Å². The Morgan fingerprint density at radius 3 is 2.31 bits per heavy atom. The molecule has 0 radical (unpaired) electrons. The van der Waals surface area contributed by atoms with Gasteiger partial charge in [0.25, 0.3) is 0 Å². The number of hydrogen-bond donors (Lipinski definition) is 7. The highest BCUT2D eigenvalue weighted by molar-refractivity contribution is 5.32. The monoisotopic (exact) mass is 520 g/mol. The Morgan fingerprint density at radius 1 is 1.03 bits per heavy atom. The van der Waals surface area contributed by atoms with Gasteiger partial charge in [-0.25, -0.2) is 0 Å². The largest absolute Gasteiger partial charge is 0.394 e. The van der Waals surface area contributed by atoms with Gasteiger partial charge in [0, 0.05) is 11.8 Å². The first-order valence-electron chi connectivity index (χ1n) is 12.4. The lowest BCUT2D eigenvalue weighted by Gasteiger charge is -2.43. The molecule has 4 fully saturated rings. The number of fused-ring (bicyclic) bond motifs is 1. The average Bonchev–Trinajstić information content (AvgIpc) is 3.33. The number of ether oxygens (including phenoxy) is 5. The topological polar surface area (TPSA) is 191 Å². The van der Waals surface area contributed by atoms with Crippen LogP contribution in [-0.2, 0) is 23.7 Å². The van der Waals surface area contributed by atoms with Crippen LogP contribution in [0.4, 0.5) is 0 Å². The minimum Gasteiger partial charge on any atom is -0.394 e. The molecular weight excluding hydrogens is 480 g/mol. The van der Waals surface area contributed by atoms with Gasteiger partial charge in [-0.15, -0.1) is 0 Å². The van der Waals surface area contributed by atoms with Crippen LogP contribution in [-0.4, -0.2) is 128 Å². The van der Waals surface area contributed by atoms with E-state index in [2.05, 4.69) is 0 Å². The summed E-state index contributed by atoms with van der Waals surface area (Å²) in [7, 11) is 0. The van der Waals surface area contributed by atoms with Gasteiger partial charge in [-0.3, -0.25) is 0 Å². The predicted molar refractivity (Wildman–Crippen MR) is 121 cm³/mol. The third-order valence-corrected chi connectivity index (χ3v) is 8.15. The van der Waals surface area contributed by atoms with Crippen molar-refractivity contribution in [3.8, 4) is 0 Å². The summed E-state index contributed by atoms with van der Waals surface area (Å²) in [6, 6.07) is 0. The average molecular weight is 521 g/mol. The van der Waals surface area contributed by atoms with Gasteiger partial charge >= 0.3 is 0 Å². The van der Waals surface area contributed by atoms with E-state index in [1.807, 2.05) is 26.8 Å². The van der Waals surface area contributed by atoms with E-state index >= 15 is 0 Å². The molecule has 0 aromatic rings. The molecule has 0 aromatic carbocycles. The van der Waals surface area contributed by atoms with Gasteiger partial charge in [0.1, 0.15) is 47.3 Å². The highest BCUT2D eigenvalue weighted by Gasteiger charge is 2.74. The normalized spacial score (nSPS) is 51.3. The quantitative estimate of drug-likeness (QED) is 0.137. The summed E-state index contributed by atoms with van der Waals surface area (Å²) in [5, 5.41) is 70.8. The second kappa shape index (κ2) is 9.78. The summed E-state index contributed by atoms with van der Waals surface area (Å²) in [6.07, 6.45) is -6.22. The highest BCUT2D eigenvalue weighted by Crippen LogP contribution is 2.66. The lowest BCUT2D eigenvalue weighted by molar-refractivity contribution is -0.339. The summed E-state index contributed by atoms with van der Waals surface area (Å²) < 4.78 is 28.7. The molecule has 3 aliphatic heterocycles. The number of hydrogen-bond acceptors (Lipinski definition) is 12. The fraction of sp³-hybridized carbons (Fsp3) is 0.917. The molecule has 12 heteroatoms. The van der Waals surface area contributed by atoms with E-state index < -0.39 is 91.9 Å². The van der Waals surface area contributed by atoms with Crippen molar-refractivity contribution in [2.45, 2.75) is 113 Å². The highest BCUT2D eigenvalue weighted by atomic mass is 16.8. The van der Waals surface area contributed by atoms with Crippen LogP contribution >= 0.6 is 0 Å². The van der Waals surface area contributed by atoms with E-state index in [1.54, 1.807) is 13.0 Å². The van der Waals surface area contributed by atoms with Gasteiger partial charge in [-0.1, -0.05) is 26.0 Å². The number of epoxide rings is 1. The Labute approximate surface area is 210 Å². The van der Waals surface area contributed by atoms with Crippen molar-refractivity contribution in [1.29, 1.82) is 0 Å². The van der Waals surface area contributed by atoms with E-state index in [9.17, 15) is 35.7 Å². The van der Waals surface area contributed by atoms with Gasteiger partial charge < -0.3 is 59.4 Å². The SMILES string of the molecule is CC(C=CC12OC1(C)CC(O)CC2(C)C)OC1OC(CO)C(O)C(O)C1OC1OCC(O)(CO)C1O. The summed E-state index contributed by atoms with van der Waals surface area (Å²) in [5.41, 5.74) is -3.36. The summed E-state index contributed by atoms with van der Waals surface area (Å²) in [5.74, 6) is 0. The molecule has 7 N–H and O–H groups in total. The van der Waals surface area contributed by atoms with Crippen LogP contribution in [0, 0.1) is 5.41 Å². The lowest BCUT2D eigenvalue weighted by atomic mass is 9.63. The van der Waals surface area contributed by atoms with Crippen molar-refractivity contribution in [1.82, 2.24) is 0 Å². The Balaban J connectivity index is 1.48. The first-order valence-corrected chi connectivity index (χ1v) is 12.4. The summed E-state index contributed by atoms with van der Waals surface area (Å²) in [4.78, 5) is 0. The fourth-order valence-corrected chi connectivity index (χ4v) is 5.98.